The fraction of sp³-hybridized carbons (Fsp3) is 0.238. The van der Waals surface area contributed by atoms with E-state index in [0.717, 1.165) is 5.56 Å². The summed E-state index contributed by atoms with van der Waals surface area (Å²) in [4.78, 5) is 34.9. The third kappa shape index (κ3) is 3.93. The van der Waals surface area contributed by atoms with Gasteiger partial charge in [0.25, 0.3) is 11.8 Å². The summed E-state index contributed by atoms with van der Waals surface area (Å²) < 4.78 is 21.6. The van der Waals surface area contributed by atoms with Gasteiger partial charge in [0, 0.05) is 24.4 Å². The normalized spacial score (nSPS) is 12.5. The summed E-state index contributed by atoms with van der Waals surface area (Å²) in [6.07, 6.45) is 4.29. The van der Waals surface area contributed by atoms with Gasteiger partial charge in [0.15, 0.2) is 11.5 Å². The van der Waals surface area contributed by atoms with Crippen LogP contribution in [0.4, 0.5) is 11.6 Å². The number of anilines is 2. The lowest BCUT2D eigenvalue weighted by molar-refractivity contribution is 0.0971. The molecule has 1 aliphatic heterocycles. The Labute approximate surface area is 183 Å². The molecule has 32 heavy (non-hydrogen) atoms. The molecule has 0 spiro atoms. The summed E-state index contributed by atoms with van der Waals surface area (Å²) in [6.45, 7) is 0.844. The van der Waals surface area contributed by atoms with Gasteiger partial charge >= 0.3 is 5.91 Å². The third-order valence-electron chi connectivity index (χ3n) is 4.77. The number of rotatable bonds is 8. The first-order valence-corrected chi connectivity index (χ1v) is 9.66. The molecule has 0 saturated heterocycles. The van der Waals surface area contributed by atoms with Gasteiger partial charge in [-0.25, -0.2) is 4.98 Å². The van der Waals surface area contributed by atoms with Crippen molar-refractivity contribution in [3.8, 4) is 17.2 Å². The van der Waals surface area contributed by atoms with Crippen LogP contribution in [0.1, 0.15) is 26.6 Å². The van der Waals surface area contributed by atoms with E-state index in [9.17, 15) is 9.59 Å². The molecule has 0 aliphatic carbocycles. The van der Waals surface area contributed by atoms with Crippen LogP contribution in [0.2, 0.25) is 0 Å². The van der Waals surface area contributed by atoms with E-state index in [1.54, 1.807) is 18.2 Å². The summed E-state index contributed by atoms with van der Waals surface area (Å²) in [5, 5.41) is 2.64. The molecule has 0 unspecified atom stereocenters. The molecule has 2 aromatic heterocycles. The Morgan fingerprint density at radius 3 is 2.75 bits per heavy atom. The summed E-state index contributed by atoms with van der Waals surface area (Å²) in [7, 11) is 3.02. The zero-order valence-electron chi connectivity index (χ0n) is 17.5. The highest BCUT2D eigenvalue weighted by Gasteiger charge is 2.33. The van der Waals surface area contributed by atoms with Crippen LogP contribution in [0, 0.1) is 0 Å². The molecule has 2 amide bonds. The molecule has 1 aromatic carbocycles. The van der Waals surface area contributed by atoms with Gasteiger partial charge in [0.2, 0.25) is 5.88 Å². The van der Waals surface area contributed by atoms with E-state index in [0.29, 0.717) is 35.0 Å². The highest BCUT2D eigenvalue weighted by atomic mass is 16.5. The van der Waals surface area contributed by atoms with E-state index >= 15 is 0 Å². The smallest absolute Gasteiger partial charge is 0.311 e. The second-order valence-electron chi connectivity index (χ2n) is 6.72. The van der Waals surface area contributed by atoms with Gasteiger partial charge in [-0.05, 0) is 17.7 Å². The van der Waals surface area contributed by atoms with Crippen LogP contribution in [-0.2, 0) is 6.54 Å². The second kappa shape index (κ2) is 8.94. The van der Waals surface area contributed by atoms with Crippen molar-refractivity contribution in [1.29, 1.82) is 0 Å². The average molecular weight is 439 g/mol. The van der Waals surface area contributed by atoms with E-state index in [-0.39, 0.29) is 30.8 Å². The summed E-state index contributed by atoms with van der Waals surface area (Å²) in [6, 6.07) is 4.96. The number of oxazole rings is 1. The molecule has 0 atom stereocenters. The van der Waals surface area contributed by atoms with Crippen molar-refractivity contribution >= 4 is 23.4 Å². The lowest BCUT2D eigenvalue weighted by Crippen LogP contribution is -2.22. The van der Waals surface area contributed by atoms with Crippen molar-refractivity contribution in [1.82, 2.24) is 9.97 Å². The molecule has 0 saturated carbocycles. The van der Waals surface area contributed by atoms with Crippen LogP contribution in [-0.4, -0.2) is 49.2 Å². The Kier molecular flexibility index (Phi) is 5.90. The molecule has 11 heteroatoms. The molecule has 3 heterocycles. The number of nitrogens with two attached hydrogens (primary N) is 1. The second-order valence-corrected chi connectivity index (χ2v) is 6.72. The Morgan fingerprint density at radius 1 is 1.22 bits per heavy atom. The Hall–Kier alpha value is -4.12. The van der Waals surface area contributed by atoms with Crippen LogP contribution in [0.25, 0.3) is 0 Å². The number of carbonyl (C=O) groups excluding carboxylic acids is 2. The number of aromatic nitrogens is 2. The summed E-state index contributed by atoms with van der Waals surface area (Å²) >= 11 is 0. The van der Waals surface area contributed by atoms with Crippen molar-refractivity contribution in [3.63, 3.8) is 0 Å². The van der Waals surface area contributed by atoms with Gasteiger partial charge < -0.3 is 29.7 Å². The zero-order valence-corrected chi connectivity index (χ0v) is 17.5. The number of carbonyl (C=O) groups is 2. The number of nitrogens with zero attached hydrogens (tertiary/aromatic N) is 3. The van der Waals surface area contributed by atoms with Gasteiger partial charge in [-0.15, -0.1) is 0 Å². The van der Waals surface area contributed by atoms with E-state index in [2.05, 4.69) is 15.3 Å². The highest BCUT2D eigenvalue weighted by Crippen LogP contribution is 2.37. The first-order chi connectivity index (χ1) is 15.5. The van der Waals surface area contributed by atoms with Crippen LogP contribution < -0.4 is 30.2 Å². The average Bonchev–Trinajstić information content (AvgIpc) is 3.42. The predicted molar refractivity (Wildman–Crippen MR) is 113 cm³/mol. The highest BCUT2D eigenvalue weighted by molar-refractivity contribution is 6.10. The monoisotopic (exact) mass is 439 g/mol. The fourth-order valence-electron chi connectivity index (χ4n) is 3.26. The molecule has 11 nitrogen and oxygen atoms in total. The fourth-order valence-corrected chi connectivity index (χ4v) is 3.26. The van der Waals surface area contributed by atoms with E-state index in [1.807, 2.05) is 0 Å². The largest absolute Gasteiger partial charge is 0.493 e. The van der Waals surface area contributed by atoms with Crippen molar-refractivity contribution in [2.45, 2.75) is 6.54 Å². The number of benzene rings is 1. The van der Waals surface area contributed by atoms with Crippen molar-refractivity contribution in [3.05, 3.63) is 53.8 Å². The maximum Gasteiger partial charge on any atom is 0.311 e. The van der Waals surface area contributed by atoms with E-state index in [4.69, 9.17) is 24.4 Å². The van der Waals surface area contributed by atoms with Crippen molar-refractivity contribution < 1.29 is 28.2 Å². The molecule has 0 bridgehead atoms. The minimum atomic E-state index is -0.616. The Balaban J connectivity index is 1.52. The molecule has 0 radical (unpaired) electrons. The van der Waals surface area contributed by atoms with Gasteiger partial charge in [0.05, 0.1) is 33.2 Å². The van der Waals surface area contributed by atoms with Crippen LogP contribution in [0.15, 0.2) is 41.2 Å². The number of ether oxygens (including phenoxy) is 3. The quantitative estimate of drug-likeness (QED) is 0.537. The van der Waals surface area contributed by atoms with Crippen molar-refractivity contribution in [2.75, 3.05) is 37.6 Å². The minimum absolute atomic E-state index is 0.139. The number of fused-ring (bicyclic) bond motifs is 1. The minimum Gasteiger partial charge on any atom is -0.493 e. The number of amides is 2. The lowest BCUT2D eigenvalue weighted by atomic mass is 10.1. The summed E-state index contributed by atoms with van der Waals surface area (Å²) in [5.74, 6) is 0.389. The molecule has 166 valence electrons. The third-order valence-corrected chi connectivity index (χ3v) is 4.77. The number of nitrogens with one attached hydrogen (secondary N) is 1. The van der Waals surface area contributed by atoms with Gasteiger partial charge in [-0.2, -0.15) is 0 Å². The maximum atomic E-state index is 12.9. The van der Waals surface area contributed by atoms with Gasteiger partial charge in [-0.3, -0.25) is 19.5 Å². The maximum absolute atomic E-state index is 12.9. The zero-order chi connectivity index (χ0) is 22.7. The molecule has 1 aliphatic rings. The standard InChI is InChI=1S/C21H21N5O6/c1-29-16-7-12-11-26(21(28)13(12)8-17(16)30-2)18-10-24-20(32-18)19(27)25-14-9-23-5-3-15(14)31-6-4-22/h3,5,7-10H,4,6,11,22H2,1-2H3,(H,25,27). The number of pyridine rings is 1. The molecule has 3 N–H and O–H groups in total. The van der Waals surface area contributed by atoms with E-state index < -0.39 is 5.91 Å². The summed E-state index contributed by atoms with van der Waals surface area (Å²) in [5.41, 5.74) is 7.00. The molecule has 3 aromatic rings. The SMILES string of the molecule is COc1cc2c(cc1OC)C(=O)N(c1cnc(C(=O)Nc3cnccc3OCCN)o1)C2. The lowest BCUT2D eigenvalue weighted by Gasteiger charge is -2.11. The molecule has 0 fully saturated rings. The molecular weight excluding hydrogens is 418 g/mol. The van der Waals surface area contributed by atoms with Crippen molar-refractivity contribution in [2.24, 2.45) is 5.73 Å². The van der Waals surface area contributed by atoms with Crippen LogP contribution in [0.5, 0.6) is 17.2 Å². The van der Waals surface area contributed by atoms with Gasteiger partial charge in [-0.1, -0.05) is 0 Å². The first-order valence-electron chi connectivity index (χ1n) is 9.66. The molecular formula is C21H21N5O6. The number of hydrogen-bond acceptors (Lipinski definition) is 9. The predicted octanol–water partition coefficient (Wildman–Crippen LogP) is 1.84. The Morgan fingerprint density at radius 2 is 2.00 bits per heavy atom. The van der Waals surface area contributed by atoms with E-state index in [1.165, 1.54) is 37.7 Å². The number of hydrogen-bond donors (Lipinski definition) is 2. The van der Waals surface area contributed by atoms with Crippen LogP contribution >= 0.6 is 0 Å². The Bertz CT molecular complexity index is 1160. The van der Waals surface area contributed by atoms with Crippen LogP contribution in [0.3, 0.4) is 0 Å². The topological polar surface area (TPSA) is 142 Å². The number of methoxy groups -OCH3 is 2. The first kappa shape index (κ1) is 21.1. The molecule has 4 rings (SSSR count). The van der Waals surface area contributed by atoms with Gasteiger partial charge in [0.1, 0.15) is 18.0 Å².